The van der Waals surface area contributed by atoms with Gasteiger partial charge in [0.15, 0.2) is 0 Å². The van der Waals surface area contributed by atoms with Crippen LogP contribution in [-0.2, 0) is 0 Å². The Morgan fingerprint density at radius 1 is 0.857 bits per heavy atom. The van der Waals surface area contributed by atoms with E-state index in [-0.39, 0.29) is 0 Å². The van der Waals surface area contributed by atoms with Gasteiger partial charge in [0, 0.05) is 5.39 Å². The first-order valence-electron chi connectivity index (χ1n) is 4.99. The first kappa shape index (κ1) is 9.32. The maximum Gasteiger partial charge on any atom is 0.137 e. The lowest BCUT2D eigenvalue weighted by Crippen LogP contribution is -1.86. The lowest BCUT2D eigenvalue weighted by atomic mass is 10.00. The number of hydrogen-bond acceptors (Lipinski definition) is 1. The lowest BCUT2D eigenvalue weighted by Gasteiger charge is -2.04. The van der Waals surface area contributed by atoms with Crippen LogP contribution in [0.3, 0.4) is 0 Å². The van der Waals surface area contributed by atoms with Crippen molar-refractivity contribution in [3.63, 3.8) is 0 Å². The predicted molar refractivity (Wildman–Crippen MR) is 59.9 cm³/mol. The largest absolute Gasteiger partial charge is 0.461 e. The summed E-state index contributed by atoms with van der Waals surface area (Å²) in [5.74, 6) is 1.04. The molecule has 0 unspecified atom stereocenters. The molecule has 0 atom stereocenters. The molecule has 2 rings (SSSR count). The van der Waals surface area contributed by atoms with Crippen molar-refractivity contribution in [1.82, 2.24) is 0 Å². The van der Waals surface area contributed by atoms with Gasteiger partial charge in [-0.2, -0.15) is 0 Å². The van der Waals surface area contributed by atoms with Crippen molar-refractivity contribution in [2.24, 2.45) is 0 Å². The third-order valence-electron chi connectivity index (χ3n) is 3.29. The van der Waals surface area contributed by atoms with Gasteiger partial charge in [-0.15, -0.1) is 0 Å². The number of hydrogen-bond donors (Lipinski definition) is 0. The number of furan rings is 1. The Hall–Kier alpha value is -1.24. The minimum absolute atomic E-state index is 1.04. The van der Waals surface area contributed by atoms with Gasteiger partial charge in [0.25, 0.3) is 0 Å². The summed E-state index contributed by atoms with van der Waals surface area (Å²) in [6.07, 6.45) is 0. The molecule has 74 valence electrons. The van der Waals surface area contributed by atoms with Crippen molar-refractivity contribution >= 4 is 11.0 Å². The maximum atomic E-state index is 5.77. The third kappa shape index (κ3) is 1.08. The van der Waals surface area contributed by atoms with Gasteiger partial charge in [-0.25, -0.2) is 0 Å². The first-order valence-corrected chi connectivity index (χ1v) is 4.99. The van der Waals surface area contributed by atoms with Crippen LogP contribution < -0.4 is 0 Å². The molecule has 0 saturated carbocycles. The van der Waals surface area contributed by atoms with Crippen molar-refractivity contribution in [3.8, 4) is 0 Å². The summed E-state index contributed by atoms with van der Waals surface area (Å²) in [7, 11) is 0. The zero-order valence-electron chi connectivity index (χ0n) is 9.49. The van der Waals surface area contributed by atoms with Crippen LogP contribution in [0.1, 0.15) is 28.0 Å². The van der Waals surface area contributed by atoms with Crippen molar-refractivity contribution in [3.05, 3.63) is 34.1 Å². The molecule has 0 bridgehead atoms. The molecule has 1 heterocycles. The van der Waals surface area contributed by atoms with Crippen LogP contribution in [0.15, 0.2) is 10.5 Å². The highest BCUT2D eigenvalue weighted by molar-refractivity contribution is 5.86. The Labute approximate surface area is 84.7 Å². The molecule has 0 N–H and O–H groups in total. The second-order valence-electron chi connectivity index (χ2n) is 4.10. The highest BCUT2D eigenvalue weighted by Crippen LogP contribution is 2.30. The normalized spacial score (nSPS) is 11.2. The minimum Gasteiger partial charge on any atom is -0.461 e. The fourth-order valence-electron chi connectivity index (χ4n) is 1.89. The van der Waals surface area contributed by atoms with Crippen LogP contribution in [0, 0.1) is 34.6 Å². The smallest absolute Gasteiger partial charge is 0.137 e. The Balaban J connectivity index is 2.98. The summed E-state index contributed by atoms with van der Waals surface area (Å²) >= 11 is 0. The monoisotopic (exact) mass is 188 g/mol. The molecule has 0 aliphatic rings. The predicted octanol–water partition coefficient (Wildman–Crippen LogP) is 3.97. The zero-order valence-corrected chi connectivity index (χ0v) is 9.49. The molecule has 2 aromatic rings. The average Bonchev–Trinajstić information content (AvgIpc) is 2.42. The van der Waals surface area contributed by atoms with E-state index in [1.165, 1.54) is 27.6 Å². The van der Waals surface area contributed by atoms with Crippen LogP contribution in [-0.4, -0.2) is 0 Å². The number of aryl methyl sites for hydroxylation is 4. The molecule has 1 aromatic heterocycles. The van der Waals surface area contributed by atoms with E-state index in [0.717, 1.165) is 11.3 Å². The number of fused-ring (bicyclic) bond motifs is 1. The summed E-state index contributed by atoms with van der Waals surface area (Å²) in [4.78, 5) is 0. The molecule has 1 aromatic carbocycles. The van der Waals surface area contributed by atoms with E-state index >= 15 is 0 Å². The Morgan fingerprint density at radius 3 is 2.14 bits per heavy atom. The van der Waals surface area contributed by atoms with Crippen molar-refractivity contribution < 1.29 is 4.42 Å². The highest BCUT2D eigenvalue weighted by atomic mass is 16.3. The molecule has 1 nitrogen and oxygen atoms in total. The van der Waals surface area contributed by atoms with E-state index < -0.39 is 0 Å². The van der Waals surface area contributed by atoms with Crippen LogP contribution in [0.25, 0.3) is 11.0 Å². The van der Waals surface area contributed by atoms with Crippen LogP contribution >= 0.6 is 0 Å². The SMILES string of the molecule is Cc1cc2c(C)c(C)oc2c(C)c1C. The summed E-state index contributed by atoms with van der Waals surface area (Å²) in [6, 6.07) is 2.23. The highest BCUT2D eigenvalue weighted by Gasteiger charge is 2.11. The van der Waals surface area contributed by atoms with Gasteiger partial charge < -0.3 is 4.42 Å². The second-order valence-corrected chi connectivity index (χ2v) is 4.10. The quantitative estimate of drug-likeness (QED) is 0.609. The number of benzene rings is 1. The van der Waals surface area contributed by atoms with Gasteiger partial charge in [-0.1, -0.05) is 0 Å². The second kappa shape index (κ2) is 2.88. The zero-order chi connectivity index (χ0) is 10.5. The van der Waals surface area contributed by atoms with Gasteiger partial charge in [-0.3, -0.25) is 0 Å². The van der Waals surface area contributed by atoms with Gasteiger partial charge in [-0.05, 0) is 62.9 Å². The van der Waals surface area contributed by atoms with Crippen LogP contribution in [0.5, 0.6) is 0 Å². The van der Waals surface area contributed by atoms with Crippen molar-refractivity contribution in [2.45, 2.75) is 34.6 Å². The molecule has 0 aliphatic heterocycles. The molecule has 0 fully saturated rings. The van der Waals surface area contributed by atoms with E-state index in [4.69, 9.17) is 4.42 Å². The van der Waals surface area contributed by atoms with E-state index in [0.29, 0.717) is 0 Å². The molecule has 0 amide bonds. The summed E-state index contributed by atoms with van der Waals surface area (Å²) in [5.41, 5.74) is 6.29. The standard InChI is InChI=1S/C13H16O/c1-7-6-12-10(4)11(5)14-13(12)9(3)8(7)2/h6H,1-5H3. The molecule has 1 heteroatoms. The average molecular weight is 188 g/mol. The summed E-state index contributed by atoms with van der Waals surface area (Å²) in [5, 5.41) is 1.27. The van der Waals surface area contributed by atoms with Crippen molar-refractivity contribution in [2.75, 3.05) is 0 Å². The molecule has 0 aliphatic carbocycles. The third-order valence-corrected chi connectivity index (χ3v) is 3.29. The Bertz CT molecular complexity index is 504. The maximum absolute atomic E-state index is 5.77. The molecule has 0 radical (unpaired) electrons. The topological polar surface area (TPSA) is 13.1 Å². The fraction of sp³-hybridized carbons (Fsp3) is 0.385. The summed E-state index contributed by atoms with van der Waals surface area (Å²) < 4.78 is 5.77. The minimum atomic E-state index is 1.04. The lowest BCUT2D eigenvalue weighted by molar-refractivity contribution is 0.572. The molecular weight excluding hydrogens is 172 g/mol. The van der Waals surface area contributed by atoms with Gasteiger partial charge in [0.1, 0.15) is 11.3 Å². The molecule has 0 spiro atoms. The van der Waals surface area contributed by atoms with Gasteiger partial charge in [0.05, 0.1) is 0 Å². The summed E-state index contributed by atoms with van der Waals surface area (Å²) in [6.45, 7) is 10.6. The molecule has 0 saturated heterocycles. The van der Waals surface area contributed by atoms with E-state index in [2.05, 4.69) is 33.8 Å². The van der Waals surface area contributed by atoms with Gasteiger partial charge in [0.2, 0.25) is 0 Å². The fourth-order valence-corrected chi connectivity index (χ4v) is 1.89. The molecule has 14 heavy (non-hydrogen) atoms. The molecular formula is C13H16O. The van der Waals surface area contributed by atoms with E-state index in [9.17, 15) is 0 Å². The van der Waals surface area contributed by atoms with E-state index in [1.54, 1.807) is 0 Å². The van der Waals surface area contributed by atoms with Crippen molar-refractivity contribution in [1.29, 1.82) is 0 Å². The Morgan fingerprint density at radius 2 is 1.50 bits per heavy atom. The first-order chi connectivity index (χ1) is 6.52. The van der Waals surface area contributed by atoms with Crippen LogP contribution in [0.4, 0.5) is 0 Å². The van der Waals surface area contributed by atoms with Crippen LogP contribution in [0.2, 0.25) is 0 Å². The van der Waals surface area contributed by atoms with Gasteiger partial charge >= 0.3 is 0 Å². The Kier molecular flexibility index (Phi) is 1.91. The van der Waals surface area contributed by atoms with E-state index in [1.807, 2.05) is 6.92 Å². The number of rotatable bonds is 0.